The van der Waals surface area contributed by atoms with Crippen molar-refractivity contribution in [3.63, 3.8) is 0 Å². The highest BCUT2D eigenvalue weighted by atomic mass is 32.2. The number of ether oxygens (including phenoxy) is 2. The fourth-order valence-corrected chi connectivity index (χ4v) is 2.80. The molecule has 128 valence electrons. The lowest BCUT2D eigenvalue weighted by Gasteiger charge is -2.08. The van der Waals surface area contributed by atoms with Crippen LogP contribution in [-0.4, -0.2) is 28.3 Å². The first kappa shape index (κ1) is 17.8. The van der Waals surface area contributed by atoms with Crippen LogP contribution in [0.5, 0.6) is 11.5 Å². The number of hydrogen-bond donors (Lipinski definition) is 1. The number of methoxy groups -OCH3 is 1. The number of rotatable bonds is 7. The molecule has 0 heterocycles. The van der Waals surface area contributed by atoms with E-state index in [1.54, 1.807) is 30.3 Å². The highest BCUT2D eigenvalue weighted by Gasteiger charge is 2.12. The Bertz CT molecular complexity index is 815. The van der Waals surface area contributed by atoms with E-state index in [0.29, 0.717) is 23.7 Å². The summed E-state index contributed by atoms with van der Waals surface area (Å²) in [5.74, 6) is 1.22. The highest BCUT2D eigenvalue weighted by molar-refractivity contribution is 7.89. The number of nitrogens with zero attached hydrogens (tertiary/aromatic N) is 1. The molecule has 0 saturated carbocycles. The van der Waals surface area contributed by atoms with Gasteiger partial charge in [0.15, 0.2) is 0 Å². The largest absolute Gasteiger partial charge is 0.496 e. The average Bonchev–Trinajstić information content (AvgIpc) is 2.56. The maximum absolute atomic E-state index is 12.2. The Hall–Kier alpha value is -2.54. The van der Waals surface area contributed by atoms with E-state index in [1.165, 1.54) is 25.5 Å². The number of sulfonamides is 1. The molecule has 0 saturated heterocycles. The molecule has 2 aromatic carbocycles. The SMILES string of the molecule is CCOc1ccc(OC)c(C=NNS(=O)(=O)c2ccc(C)cc2)c1. The fourth-order valence-electron chi connectivity index (χ4n) is 2.01. The lowest BCUT2D eigenvalue weighted by Crippen LogP contribution is -2.18. The molecule has 24 heavy (non-hydrogen) atoms. The van der Waals surface area contributed by atoms with E-state index in [9.17, 15) is 8.42 Å². The predicted octanol–water partition coefficient (Wildman–Crippen LogP) is 2.71. The summed E-state index contributed by atoms with van der Waals surface area (Å²) in [5.41, 5.74) is 1.59. The first-order valence-electron chi connectivity index (χ1n) is 7.38. The fraction of sp³-hybridized carbons (Fsp3) is 0.235. The molecule has 0 aliphatic heterocycles. The quantitative estimate of drug-likeness (QED) is 0.616. The van der Waals surface area contributed by atoms with Gasteiger partial charge in [0.1, 0.15) is 11.5 Å². The van der Waals surface area contributed by atoms with Crippen LogP contribution in [0.2, 0.25) is 0 Å². The summed E-state index contributed by atoms with van der Waals surface area (Å²) in [4.78, 5) is 2.34. The maximum Gasteiger partial charge on any atom is 0.276 e. The summed E-state index contributed by atoms with van der Waals surface area (Å²) in [6.45, 7) is 4.30. The van der Waals surface area contributed by atoms with Crippen molar-refractivity contribution in [3.8, 4) is 11.5 Å². The molecule has 0 aliphatic rings. The Kier molecular flexibility index (Phi) is 5.81. The number of nitrogens with one attached hydrogen (secondary N) is 1. The molecular weight excluding hydrogens is 328 g/mol. The van der Waals surface area contributed by atoms with Crippen LogP contribution < -0.4 is 14.3 Å². The van der Waals surface area contributed by atoms with Gasteiger partial charge in [-0.05, 0) is 44.2 Å². The van der Waals surface area contributed by atoms with Crippen molar-refractivity contribution in [1.29, 1.82) is 0 Å². The van der Waals surface area contributed by atoms with Crippen LogP contribution >= 0.6 is 0 Å². The first-order chi connectivity index (χ1) is 11.5. The number of hydrazone groups is 1. The first-order valence-corrected chi connectivity index (χ1v) is 8.87. The molecule has 0 bridgehead atoms. The predicted molar refractivity (Wildman–Crippen MR) is 93.3 cm³/mol. The van der Waals surface area contributed by atoms with Gasteiger partial charge in [-0.2, -0.15) is 13.5 Å². The lowest BCUT2D eigenvalue weighted by atomic mass is 10.2. The second kappa shape index (κ2) is 7.83. The maximum atomic E-state index is 12.2. The van der Waals surface area contributed by atoms with Crippen molar-refractivity contribution < 1.29 is 17.9 Å². The van der Waals surface area contributed by atoms with Gasteiger partial charge in [0.25, 0.3) is 10.0 Å². The molecule has 0 radical (unpaired) electrons. The molecule has 0 amide bonds. The van der Waals surface area contributed by atoms with Crippen LogP contribution in [0, 0.1) is 6.92 Å². The van der Waals surface area contributed by atoms with Crippen molar-refractivity contribution in [3.05, 3.63) is 53.6 Å². The van der Waals surface area contributed by atoms with Crippen molar-refractivity contribution in [1.82, 2.24) is 4.83 Å². The van der Waals surface area contributed by atoms with Crippen LogP contribution in [0.3, 0.4) is 0 Å². The minimum absolute atomic E-state index is 0.153. The third-order valence-corrected chi connectivity index (χ3v) is 4.46. The summed E-state index contributed by atoms with van der Waals surface area (Å²) >= 11 is 0. The smallest absolute Gasteiger partial charge is 0.276 e. The Morgan fingerprint density at radius 2 is 1.88 bits per heavy atom. The number of benzene rings is 2. The zero-order chi connectivity index (χ0) is 17.6. The molecule has 2 rings (SSSR count). The van der Waals surface area contributed by atoms with E-state index in [2.05, 4.69) is 9.93 Å². The Morgan fingerprint density at radius 3 is 2.50 bits per heavy atom. The molecule has 2 aromatic rings. The summed E-state index contributed by atoms with van der Waals surface area (Å²) in [7, 11) is -2.18. The zero-order valence-electron chi connectivity index (χ0n) is 13.8. The van der Waals surface area contributed by atoms with E-state index >= 15 is 0 Å². The van der Waals surface area contributed by atoms with Crippen molar-refractivity contribution in [2.45, 2.75) is 18.7 Å². The van der Waals surface area contributed by atoms with E-state index in [-0.39, 0.29) is 4.90 Å². The minimum Gasteiger partial charge on any atom is -0.496 e. The van der Waals surface area contributed by atoms with E-state index in [4.69, 9.17) is 9.47 Å². The van der Waals surface area contributed by atoms with E-state index in [1.807, 2.05) is 13.8 Å². The molecule has 6 nitrogen and oxygen atoms in total. The third-order valence-electron chi connectivity index (χ3n) is 3.22. The second-order valence-electron chi connectivity index (χ2n) is 5.00. The number of aryl methyl sites for hydroxylation is 1. The van der Waals surface area contributed by atoms with Crippen LogP contribution in [0.25, 0.3) is 0 Å². The normalized spacial score (nSPS) is 11.5. The monoisotopic (exact) mass is 348 g/mol. The molecule has 1 N–H and O–H groups in total. The standard InChI is InChI=1S/C17H20N2O4S/c1-4-23-15-7-10-17(22-3)14(11-15)12-18-19-24(20,21)16-8-5-13(2)6-9-16/h5-12,19H,4H2,1-3H3. The van der Waals surface area contributed by atoms with E-state index in [0.717, 1.165) is 5.56 Å². The van der Waals surface area contributed by atoms with Gasteiger partial charge < -0.3 is 9.47 Å². The summed E-state index contributed by atoms with van der Waals surface area (Å²) < 4.78 is 35.0. The van der Waals surface area contributed by atoms with Gasteiger partial charge in [0.05, 0.1) is 24.8 Å². The van der Waals surface area contributed by atoms with Gasteiger partial charge >= 0.3 is 0 Å². The number of hydrogen-bond acceptors (Lipinski definition) is 5. The molecule has 0 unspecified atom stereocenters. The zero-order valence-corrected chi connectivity index (χ0v) is 14.6. The Labute approximate surface area is 142 Å². The molecular formula is C17H20N2O4S. The van der Waals surface area contributed by atoms with Gasteiger partial charge in [-0.3, -0.25) is 0 Å². The van der Waals surface area contributed by atoms with Gasteiger partial charge in [0.2, 0.25) is 0 Å². The molecule has 0 fully saturated rings. The van der Waals surface area contributed by atoms with Crippen LogP contribution in [-0.2, 0) is 10.0 Å². The molecule has 0 aliphatic carbocycles. The molecule has 7 heteroatoms. The highest BCUT2D eigenvalue weighted by Crippen LogP contribution is 2.22. The minimum atomic E-state index is -3.71. The third kappa shape index (κ3) is 4.48. The lowest BCUT2D eigenvalue weighted by molar-refractivity contribution is 0.339. The average molecular weight is 348 g/mol. The second-order valence-corrected chi connectivity index (χ2v) is 6.66. The molecule has 0 atom stereocenters. The molecule has 0 aromatic heterocycles. The van der Waals surface area contributed by atoms with Gasteiger partial charge in [-0.1, -0.05) is 17.7 Å². The Morgan fingerprint density at radius 1 is 1.17 bits per heavy atom. The van der Waals surface area contributed by atoms with Gasteiger partial charge in [0, 0.05) is 5.56 Å². The Balaban J connectivity index is 2.18. The van der Waals surface area contributed by atoms with Gasteiger partial charge in [-0.25, -0.2) is 4.83 Å². The van der Waals surface area contributed by atoms with Gasteiger partial charge in [-0.15, -0.1) is 0 Å². The van der Waals surface area contributed by atoms with Crippen LogP contribution in [0.4, 0.5) is 0 Å². The van der Waals surface area contributed by atoms with Crippen molar-refractivity contribution >= 4 is 16.2 Å². The van der Waals surface area contributed by atoms with Crippen LogP contribution in [0.15, 0.2) is 52.5 Å². The van der Waals surface area contributed by atoms with Crippen molar-refractivity contribution in [2.75, 3.05) is 13.7 Å². The summed E-state index contributed by atoms with van der Waals surface area (Å²) in [6, 6.07) is 11.8. The van der Waals surface area contributed by atoms with Crippen molar-refractivity contribution in [2.24, 2.45) is 5.10 Å². The summed E-state index contributed by atoms with van der Waals surface area (Å²) in [6.07, 6.45) is 1.38. The van der Waals surface area contributed by atoms with Crippen LogP contribution in [0.1, 0.15) is 18.1 Å². The topological polar surface area (TPSA) is 77.0 Å². The summed E-state index contributed by atoms with van der Waals surface area (Å²) in [5, 5.41) is 3.82. The van der Waals surface area contributed by atoms with E-state index < -0.39 is 10.0 Å². The molecule has 0 spiro atoms.